The second-order valence-corrected chi connectivity index (χ2v) is 9.87. The molecule has 1 aliphatic heterocycles. The summed E-state index contributed by atoms with van der Waals surface area (Å²) in [4.78, 5) is 54.3. The number of benzene rings is 1. The van der Waals surface area contributed by atoms with Crippen molar-refractivity contribution in [3.63, 3.8) is 0 Å². The first-order valence-electron chi connectivity index (χ1n) is 12.7. The van der Waals surface area contributed by atoms with Gasteiger partial charge in [-0.3, -0.25) is 19.5 Å². The maximum Gasteiger partial charge on any atom is 0.408 e. The van der Waals surface area contributed by atoms with Gasteiger partial charge in [-0.05, 0) is 43.0 Å². The van der Waals surface area contributed by atoms with Crippen LogP contribution < -0.4 is 10.6 Å². The zero-order valence-corrected chi connectivity index (χ0v) is 22.1. The van der Waals surface area contributed by atoms with Gasteiger partial charge in [0.1, 0.15) is 18.4 Å². The maximum atomic E-state index is 16.3. The van der Waals surface area contributed by atoms with E-state index in [1.165, 1.54) is 30.5 Å². The Labute approximate surface area is 229 Å². The van der Waals surface area contributed by atoms with Crippen molar-refractivity contribution in [1.82, 2.24) is 20.5 Å². The molecule has 9 nitrogen and oxygen atoms in total. The van der Waals surface area contributed by atoms with E-state index in [9.17, 15) is 24.3 Å². The first kappa shape index (κ1) is 29.9. The van der Waals surface area contributed by atoms with Crippen LogP contribution in [0.25, 0.3) is 0 Å². The number of nitrogens with one attached hydrogen (secondary N) is 2. The van der Waals surface area contributed by atoms with Crippen molar-refractivity contribution in [2.24, 2.45) is 5.92 Å². The molecule has 210 valence electrons. The van der Waals surface area contributed by atoms with E-state index in [0.29, 0.717) is 37.0 Å². The van der Waals surface area contributed by atoms with Crippen molar-refractivity contribution in [2.75, 3.05) is 6.54 Å². The lowest BCUT2D eigenvalue weighted by Gasteiger charge is -2.39. The number of amides is 3. The van der Waals surface area contributed by atoms with Gasteiger partial charge in [-0.1, -0.05) is 49.6 Å². The van der Waals surface area contributed by atoms with Gasteiger partial charge >= 0.3 is 6.09 Å². The molecule has 1 fully saturated rings. The van der Waals surface area contributed by atoms with Crippen LogP contribution in [-0.2, 0) is 20.3 Å². The Morgan fingerprint density at radius 2 is 2.10 bits per heavy atom. The van der Waals surface area contributed by atoms with Crippen LogP contribution in [0.15, 0.2) is 48.8 Å². The number of nitrogens with zero attached hydrogens (tertiary/aromatic N) is 2. The Hall–Kier alpha value is -3.60. The molecule has 0 spiro atoms. The van der Waals surface area contributed by atoms with E-state index in [0.717, 1.165) is 18.3 Å². The first-order chi connectivity index (χ1) is 18.6. The maximum absolute atomic E-state index is 16.3. The minimum atomic E-state index is -3.83. The summed E-state index contributed by atoms with van der Waals surface area (Å²) in [6.45, 7) is 2.26. The molecule has 2 aromatic rings. The predicted molar refractivity (Wildman–Crippen MR) is 139 cm³/mol. The van der Waals surface area contributed by atoms with Crippen molar-refractivity contribution >= 4 is 35.8 Å². The van der Waals surface area contributed by atoms with Crippen molar-refractivity contribution in [2.45, 2.75) is 63.1 Å². The van der Waals surface area contributed by atoms with Gasteiger partial charge in [-0.25, -0.2) is 4.79 Å². The lowest BCUT2D eigenvalue weighted by atomic mass is 9.92. The SMILES string of the molecule is CCCC[C@@H](C(=O)N[C@H](C=O)C[C@@H]1CCNC1=O)N(C(=O)O)[C@@H](c1cccnc1)C(F)(F)c1cccc(Cl)c1. The van der Waals surface area contributed by atoms with Gasteiger partial charge in [0.25, 0.3) is 5.92 Å². The molecule has 0 saturated carbocycles. The standard InChI is InChI=1S/C27H31ClF2N4O5/c1-2-3-9-22(25(37)33-21(16-35)13-17-10-12-32-24(17)36)34(26(38)39)23(18-6-5-11-31-15-18)27(29,30)19-7-4-8-20(28)14-19/h4-8,11,14-17,21-23H,2-3,9-10,12-13H2,1H3,(H,32,36)(H,33,37)(H,38,39)/t17-,21-,22-,23-/m0/s1. The summed E-state index contributed by atoms with van der Waals surface area (Å²) in [5, 5.41) is 15.5. The molecule has 39 heavy (non-hydrogen) atoms. The number of carboxylic acid groups (broad SMARTS) is 1. The summed E-state index contributed by atoms with van der Waals surface area (Å²) in [7, 11) is 0. The molecule has 0 aliphatic carbocycles. The average Bonchev–Trinajstić information content (AvgIpc) is 3.31. The Bertz CT molecular complexity index is 1170. The molecule has 1 saturated heterocycles. The number of alkyl halides is 2. The number of rotatable bonds is 13. The largest absolute Gasteiger partial charge is 0.465 e. The van der Waals surface area contributed by atoms with Crippen LogP contribution in [-0.4, -0.2) is 57.8 Å². The highest BCUT2D eigenvalue weighted by molar-refractivity contribution is 6.30. The van der Waals surface area contributed by atoms with E-state index in [4.69, 9.17) is 11.6 Å². The van der Waals surface area contributed by atoms with Gasteiger partial charge in [0.05, 0.1) is 6.04 Å². The highest BCUT2D eigenvalue weighted by Crippen LogP contribution is 2.46. The summed E-state index contributed by atoms with van der Waals surface area (Å²) in [5.74, 6) is -5.48. The number of halogens is 3. The number of aldehydes is 1. The fourth-order valence-corrected chi connectivity index (χ4v) is 4.95. The third-order valence-electron chi connectivity index (χ3n) is 6.71. The molecule has 0 bridgehead atoms. The summed E-state index contributed by atoms with van der Waals surface area (Å²) in [6, 6.07) is 2.80. The molecular weight excluding hydrogens is 534 g/mol. The van der Waals surface area contributed by atoms with Crippen LogP contribution in [0.1, 0.15) is 56.2 Å². The van der Waals surface area contributed by atoms with E-state index in [-0.39, 0.29) is 29.3 Å². The normalized spacial score (nSPS) is 17.5. The highest BCUT2D eigenvalue weighted by atomic mass is 35.5. The molecule has 1 aromatic heterocycles. The zero-order valence-electron chi connectivity index (χ0n) is 21.4. The third kappa shape index (κ3) is 7.29. The molecular formula is C27H31ClF2N4O5. The summed E-state index contributed by atoms with van der Waals surface area (Å²) in [6.07, 6.45) is 2.52. The molecule has 1 aliphatic rings. The van der Waals surface area contributed by atoms with Crippen molar-refractivity contribution in [3.8, 4) is 0 Å². The van der Waals surface area contributed by atoms with Crippen molar-refractivity contribution in [3.05, 3.63) is 64.9 Å². The van der Waals surface area contributed by atoms with Crippen LogP contribution in [0.5, 0.6) is 0 Å². The second-order valence-electron chi connectivity index (χ2n) is 9.43. The Kier molecular flexibility index (Phi) is 10.3. The van der Waals surface area contributed by atoms with Gasteiger partial charge in [0.15, 0.2) is 0 Å². The summed E-state index contributed by atoms with van der Waals surface area (Å²) >= 11 is 5.98. The molecule has 3 N–H and O–H groups in total. The lowest BCUT2D eigenvalue weighted by molar-refractivity contribution is -0.136. The van der Waals surface area contributed by atoms with Gasteiger partial charge in [-0.15, -0.1) is 0 Å². The van der Waals surface area contributed by atoms with E-state index >= 15 is 8.78 Å². The van der Waals surface area contributed by atoms with E-state index in [1.54, 1.807) is 0 Å². The molecule has 3 rings (SSSR count). The first-order valence-corrected chi connectivity index (χ1v) is 13.1. The smallest absolute Gasteiger partial charge is 0.408 e. The average molecular weight is 565 g/mol. The zero-order chi connectivity index (χ0) is 28.6. The fourth-order valence-electron chi connectivity index (χ4n) is 4.76. The summed E-state index contributed by atoms with van der Waals surface area (Å²) < 4.78 is 32.5. The number of carbonyl (C=O) groups excluding carboxylic acids is 3. The molecule has 4 atom stereocenters. The minimum Gasteiger partial charge on any atom is -0.465 e. The van der Waals surface area contributed by atoms with Crippen LogP contribution >= 0.6 is 11.6 Å². The molecule has 12 heteroatoms. The summed E-state index contributed by atoms with van der Waals surface area (Å²) in [5.41, 5.74) is -0.670. The van der Waals surface area contributed by atoms with E-state index in [2.05, 4.69) is 15.6 Å². The molecule has 2 heterocycles. The lowest BCUT2D eigenvalue weighted by Crippen LogP contribution is -2.55. The van der Waals surface area contributed by atoms with Gasteiger partial charge < -0.3 is 20.5 Å². The van der Waals surface area contributed by atoms with Crippen molar-refractivity contribution < 1.29 is 33.1 Å². The Balaban J connectivity index is 2.04. The quantitative estimate of drug-likeness (QED) is 0.311. The number of hydrogen-bond acceptors (Lipinski definition) is 5. The van der Waals surface area contributed by atoms with Crippen LogP contribution in [0.4, 0.5) is 13.6 Å². The molecule has 0 unspecified atom stereocenters. The van der Waals surface area contributed by atoms with E-state index in [1.807, 2.05) is 6.92 Å². The van der Waals surface area contributed by atoms with Gasteiger partial charge in [0.2, 0.25) is 11.8 Å². The fraction of sp³-hybridized carbons (Fsp3) is 0.444. The number of carbonyl (C=O) groups is 4. The highest BCUT2D eigenvalue weighted by Gasteiger charge is 2.51. The number of pyridine rings is 1. The Morgan fingerprint density at radius 1 is 1.33 bits per heavy atom. The number of aromatic nitrogens is 1. The van der Waals surface area contributed by atoms with Crippen LogP contribution in [0.3, 0.4) is 0 Å². The predicted octanol–water partition coefficient (Wildman–Crippen LogP) is 4.32. The Morgan fingerprint density at radius 3 is 2.67 bits per heavy atom. The third-order valence-corrected chi connectivity index (χ3v) is 6.95. The van der Waals surface area contributed by atoms with E-state index < -0.39 is 47.5 Å². The number of hydrogen-bond donors (Lipinski definition) is 3. The van der Waals surface area contributed by atoms with Crippen molar-refractivity contribution in [1.29, 1.82) is 0 Å². The van der Waals surface area contributed by atoms with Gasteiger partial charge in [-0.2, -0.15) is 8.78 Å². The topological polar surface area (TPSA) is 129 Å². The second kappa shape index (κ2) is 13.5. The molecule has 0 radical (unpaired) electrons. The molecule has 3 amide bonds. The minimum absolute atomic E-state index is 0.0132. The van der Waals surface area contributed by atoms with Crippen LogP contribution in [0, 0.1) is 5.92 Å². The number of unbranched alkanes of at least 4 members (excludes halogenated alkanes) is 1. The monoisotopic (exact) mass is 564 g/mol. The van der Waals surface area contributed by atoms with Crippen LogP contribution in [0.2, 0.25) is 5.02 Å². The van der Waals surface area contributed by atoms with Gasteiger partial charge in [0, 0.05) is 35.4 Å². The molecule has 1 aromatic carbocycles.